The van der Waals surface area contributed by atoms with Crippen molar-refractivity contribution < 1.29 is 21.7 Å². The topological polar surface area (TPSA) is 67.5 Å². The van der Waals surface area contributed by atoms with Crippen LogP contribution in [0, 0.1) is 6.92 Å². The van der Waals surface area contributed by atoms with Crippen LogP contribution in [0.25, 0.3) is 10.2 Å². The molecule has 19 heavy (non-hydrogen) atoms. The minimum Gasteiger partial charge on any atom is -0.263 e. The maximum Gasteiger partial charge on any atom is 0.402 e. The molecule has 104 valence electrons. The zero-order valence-electron chi connectivity index (χ0n) is 10.7. The maximum absolute atomic E-state index is 11.0. The van der Waals surface area contributed by atoms with Crippen molar-refractivity contribution in [2.75, 3.05) is 0 Å². The number of hydrogen-bond acceptors (Lipinski definition) is 4. The van der Waals surface area contributed by atoms with Crippen LogP contribution in [0.2, 0.25) is 0 Å². The smallest absolute Gasteiger partial charge is 0.263 e. The molecular weight excluding hydrogens is 286 g/mol. The molecule has 0 aliphatic heterocycles. The number of rotatable bonds is 5. The number of para-hydroxylation sites is 1. The Labute approximate surface area is 116 Å². The van der Waals surface area contributed by atoms with E-state index in [4.69, 9.17) is 8.74 Å². The van der Waals surface area contributed by atoms with Gasteiger partial charge in [-0.05, 0) is 12.5 Å². The van der Waals surface area contributed by atoms with Crippen molar-refractivity contribution in [2.24, 2.45) is 0 Å². The summed E-state index contributed by atoms with van der Waals surface area (Å²) < 4.78 is 38.6. The molecule has 0 aliphatic carbocycles. The molecule has 0 spiro atoms. The first kappa shape index (κ1) is 14.4. The number of fused-ring (bicyclic) bond motifs is 1. The van der Waals surface area contributed by atoms with Gasteiger partial charge in [0.05, 0.1) is 0 Å². The summed E-state index contributed by atoms with van der Waals surface area (Å²) in [6, 6.07) is 7.71. The van der Waals surface area contributed by atoms with Crippen molar-refractivity contribution in [1.82, 2.24) is 0 Å². The molecule has 0 aliphatic rings. The number of aromatic nitrogens is 1. The van der Waals surface area contributed by atoms with Gasteiger partial charge >= 0.3 is 10.4 Å². The highest BCUT2D eigenvalue weighted by Crippen LogP contribution is 2.24. The molecule has 0 radical (unpaired) electrons. The zero-order valence-corrected chi connectivity index (χ0v) is 12.4. The molecule has 1 atom stereocenters. The average Bonchev–Trinajstić information content (AvgIpc) is 2.62. The van der Waals surface area contributed by atoms with E-state index in [-0.39, 0.29) is 0 Å². The van der Waals surface area contributed by atoms with E-state index < -0.39 is 16.6 Å². The van der Waals surface area contributed by atoms with Crippen LogP contribution in [-0.4, -0.2) is 13.0 Å². The molecule has 7 heteroatoms. The molecule has 2 aromatic rings. The Bertz CT molecular complexity index is 678. The van der Waals surface area contributed by atoms with E-state index in [1.807, 2.05) is 42.7 Å². The van der Waals surface area contributed by atoms with Gasteiger partial charge in [0, 0.05) is 19.4 Å². The molecule has 0 bridgehead atoms. The molecule has 0 amide bonds. The van der Waals surface area contributed by atoms with Gasteiger partial charge < -0.3 is 0 Å². The van der Waals surface area contributed by atoms with Crippen LogP contribution in [0.3, 0.4) is 0 Å². The first-order valence-electron chi connectivity index (χ1n) is 5.97. The van der Waals surface area contributed by atoms with E-state index in [1.165, 1.54) is 0 Å². The Balaban J connectivity index is 2.52. The lowest BCUT2D eigenvalue weighted by Gasteiger charge is -2.10. The third kappa shape index (κ3) is 3.30. The van der Waals surface area contributed by atoms with Gasteiger partial charge in [-0.2, -0.15) is 17.2 Å². The summed E-state index contributed by atoms with van der Waals surface area (Å²) >= 11 is 1.57. The molecule has 1 aromatic carbocycles. The van der Waals surface area contributed by atoms with Crippen molar-refractivity contribution in [2.45, 2.75) is 32.9 Å². The van der Waals surface area contributed by atoms with Gasteiger partial charge in [0.1, 0.15) is 4.70 Å². The van der Waals surface area contributed by atoms with Crippen LogP contribution in [-0.2, 0) is 14.6 Å². The highest BCUT2D eigenvalue weighted by atomic mass is 32.3. The van der Waals surface area contributed by atoms with Gasteiger partial charge in [0.15, 0.2) is 0 Å². The van der Waals surface area contributed by atoms with Crippen molar-refractivity contribution in [3.05, 3.63) is 29.3 Å². The van der Waals surface area contributed by atoms with Crippen molar-refractivity contribution >= 4 is 32.0 Å². The summed E-state index contributed by atoms with van der Waals surface area (Å²) in [4.78, 5) is 0. The average molecular weight is 302 g/mol. The summed E-state index contributed by atoms with van der Waals surface area (Å²) in [5.74, 6) is 0. The van der Waals surface area contributed by atoms with Crippen LogP contribution in [0.5, 0.6) is 0 Å². The molecule has 1 heterocycles. The lowest BCUT2D eigenvalue weighted by Crippen LogP contribution is -2.43. The van der Waals surface area contributed by atoms with E-state index in [2.05, 4.69) is 0 Å². The van der Waals surface area contributed by atoms with Gasteiger partial charge in [-0.1, -0.05) is 30.4 Å². The number of aryl methyl sites for hydroxylation is 1. The fraction of sp³-hybridized carbons (Fsp3) is 0.417. The van der Waals surface area contributed by atoms with E-state index in [1.54, 1.807) is 11.3 Å². The summed E-state index contributed by atoms with van der Waals surface area (Å²) in [5.41, 5.74) is 0.909. The Morgan fingerprint density at radius 3 is 2.74 bits per heavy atom. The molecule has 0 saturated carbocycles. The number of hydrogen-bond donors (Lipinski definition) is 1. The quantitative estimate of drug-likeness (QED) is 0.681. The Kier molecular flexibility index (Phi) is 4.19. The van der Waals surface area contributed by atoms with E-state index in [9.17, 15) is 8.42 Å². The summed E-state index contributed by atoms with van der Waals surface area (Å²) in [5, 5.41) is 0.934. The Morgan fingerprint density at radius 1 is 1.42 bits per heavy atom. The second-order valence-corrected chi connectivity index (χ2v) is 6.51. The van der Waals surface area contributed by atoms with Crippen molar-refractivity contribution in [3.63, 3.8) is 0 Å². The Hall–Kier alpha value is -1.02. The Morgan fingerprint density at radius 2 is 2.11 bits per heavy atom. The van der Waals surface area contributed by atoms with Crippen LogP contribution in [0.4, 0.5) is 0 Å². The minimum atomic E-state index is -4.47. The highest BCUT2D eigenvalue weighted by Gasteiger charge is 2.30. The molecule has 5 nitrogen and oxygen atoms in total. The molecule has 2 rings (SSSR count). The third-order valence-electron chi connectivity index (χ3n) is 2.78. The highest BCUT2D eigenvalue weighted by molar-refractivity contribution is 7.80. The molecule has 0 fully saturated rings. The maximum atomic E-state index is 11.0. The van der Waals surface area contributed by atoms with Crippen LogP contribution in [0.15, 0.2) is 24.3 Å². The van der Waals surface area contributed by atoms with Crippen LogP contribution < -0.4 is 4.57 Å². The number of benzene rings is 1. The third-order valence-corrected chi connectivity index (χ3v) is 4.30. The fourth-order valence-corrected chi connectivity index (χ4v) is 3.60. The predicted octanol–water partition coefficient (Wildman–Crippen LogP) is 2.62. The lowest BCUT2D eigenvalue weighted by molar-refractivity contribution is -0.733. The summed E-state index contributed by atoms with van der Waals surface area (Å²) in [6.07, 6.45) is 0.541. The molecule has 1 N–H and O–H groups in total. The SMILES string of the molecule is CCCC(OS(=O)(=O)O)[n+]1c(C)sc2ccccc21. The summed E-state index contributed by atoms with van der Waals surface area (Å²) in [6.45, 7) is 3.84. The second-order valence-electron chi connectivity index (χ2n) is 4.23. The van der Waals surface area contributed by atoms with Gasteiger partial charge in [0.25, 0.3) is 6.23 Å². The first-order valence-corrected chi connectivity index (χ1v) is 8.16. The van der Waals surface area contributed by atoms with Crippen LogP contribution in [0.1, 0.15) is 31.0 Å². The number of nitrogens with zero attached hydrogens (tertiary/aromatic N) is 1. The van der Waals surface area contributed by atoms with Gasteiger partial charge in [-0.15, -0.1) is 0 Å². The fourth-order valence-electron chi connectivity index (χ4n) is 2.09. The van der Waals surface area contributed by atoms with E-state index in [0.717, 1.165) is 21.6 Å². The lowest BCUT2D eigenvalue weighted by atomic mass is 10.3. The molecular formula is C12H16NO4S2+. The number of thiazole rings is 1. The largest absolute Gasteiger partial charge is 0.402 e. The van der Waals surface area contributed by atoms with E-state index in [0.29, 0.717) is 6.42 Å². The van der Waals surface area contributed by atoms with Crippen molar-refractivity contribution in [3.8, 4) is 0 Å². The molecule has 0 saturated heterocycles. The standard InChI is InChI=1S/C12H15NO4S2/c1-3-6-12(17-19(14,15)16)13-9(2)18-11-8-5-4-7-10(11)13/h4-5,7-8,12H,3,6H2,1-2H3/p+1. The first-order chi connectivity index (χ1) is 8.92. The molecule has 1 aromatic heterocycles. The van der Waals surface area contributed by atoms with Gasteiger partial charge in [-0.25, -0.2) is 0 Å². The monoisotopic (exact) mass is 302 g/mol. The van der Waals surface area contributed by atoms with Crippen LogP contribution >= 0.6 is 11.3 Å². The minimum absolute atomic E-state index is 0.506. The van der Waals surface area contributed by atoms with Gasteiger partial charge in [0.2, 0.25) is 10.5 Å². The zero-order chi connectivity index (χ0) is 14.0. The van der Waals surface area contributed by atoms with Gasteiger partial charge in [-0.3, -0.25) is 4.55 Å². The van der Waals surface area contributed by atoms with E-state index >= 15 is 0 Å². The predicted molar refractivity (Wildman–Crippen MR) is 73.3 cm³/mol. The molecule has 1 unspecified atom stereocenters. The van der Waals surface area contributed by atoms with Crippen molar-refractivity contribution in [1.29, 1.82) is 0 Å². The second kappa shape index (κ2) is 5.54. The summed E-state index contributed by atoms with van der Waals surface area (Å²) in [7, 11) is -4.47. The normalized spacial score (nSPS) is 13.8.